The van der Waals surface area contributed by atoms with Gasteiger partial charge in [-0.2, -0.15) is 0 Å². The number of likely N-dealkylation sites (N-methyl/N-ethyl adjacent to an activating group) is 1. The summed E-state index contributed by atoms with van der Waals surface area (Å²) in [6.07, 6.45) is 0. The predicted molar refractivity (Wildman–Crippen MR) is 71.3 cm³/mol. The maximum absolute atomic E-state index is 12.0. The molecule has 0 saturated carbocycles. The largest absolute Gasteiger partial charge is 0.384 e. The minimum absolute atomic E-state index is 0.121. The predicted octanol–water partition coefficient (Wildman–Crippen LogP) is -0.104. The lowest BCUT2D eigenvalue weighted by atomic mass is 10.0. The van der Waals surface area contributed by atoms with E-state index in [2.05, 4.69) is 11.8 Å². The van der Waals surface area contributed by atoms with E-state index in [0.29, 0.717) is 5.56 Å². The molecule has 1 aromatic carbocycles. The van der Waals surface area contributed by atoms with Gasteiger partial charge in [0.1, 0.15) is 6.61 Å². The van der Waals surface area contributed by atoms with E-state index in [9.17, 15) is 9.59 Å². The van der Waals surface area contributed by atoms with Gasteiger partial charge < -0.3 is 15.7 Å². The number of carbonyl (C=O) groups is 2. The summed E-state index contributed by atoms with van der Waals surface area (Å²) in [7, 11) is 1.52. The third kappa shape index (κ3) is 4.12. The number of rotatable bonds is 3. The average Bonchev–Trinajstić information content (AvgIpc) is 2.35. The number of amides is 2. The lowest BCUT2D eigenvalue weighted by molar-refractivity contribution is -0.118. The lowest BCUT2D eigenvalue weighted by Gasteiger charge is -2.15. The van der Waals surface area contributed by atoms with Crippen molar-refractivity contribution in [2.24, 2.45) is 5.73 Å². The highest BCUT2D eigenvalue weighted by atomic mass is 16.2. The SMILES string of the molecule is Cc1cc(C(=O)N(C)CC(N)=O)ccc1C#CCO. The molecule has 0 radical (unpaired) electrons. The quantitative estimate of drug-likeness (QED) is 0.744. The maximum Gasteiger partial charge on any atom is 0.254 e. The summed E-state index contributed by atoms with van der Waals surface area (Å²) in [4.78, 5) is 24.0. The maximum atomic E-state index is 12.0. The molecule has 0 unspecified atom stereocenters. The molecule has 100 valence electrons. The van der Waals surface area contributed by atoms with Crippen molar-refractivity contribution in [3.63, 3.8) is 0 Å². The third-order valence-electron chi connectivity index (χ3n) is 2.52. The third-order valence-corrected chi connectivity index (χ3v) is 2.52. The van der Waals surface area contributed by atoms with Crippen LogP contribution in [-0.2, 0) is 4.79 Å². The highest BCUT2D eigenvalue weighted by Gasteiger charge is 2.14. The van der Waals surface area contributed by atoms with E-state index in [1.54, 1.807) is 18.2 Å². The number of hydrogen-bond donors (Lipinski definition) is 2. The van der Waals surface area contributed by atoms with Crippen LogP contribution >= 0.6 is 0 Å². The van der Waals surface area contributed by atoms with Gasteiger partial charge in [0.15, 0.2) is 0 Å². The first-order valence-corrected chi connectivity index (χ1v) is 5.70. The Balaban J connectivity index is 2.94. The Bertz CT molecular complexity index is 556. The first-order chi connectivity index (χ1) is 8.95. The van der Waals surface area contributed by atoms with Gasteiger partial charge in [-0.1, -0.05) is 11.8 Å². The van der Waals surface area contributed by atoms with Crippen molar-refractivity contribution in [1.82, 2.24) is 4.90 Å². The van der Waals surface area contributed by atoms with Crippen LogP contribution in [0.5, 0.6) is 0 Å². The molecular weight excluding hydrogens is 244 g/mol. The molecule has 1 aromatic rings. The summed E-state index contributed by atoms with van der Waals surface area (Å²) in [6.45, 7) is 1.50. The fourth-order valence-electron chi connectivity index (χ4n) is 1.60. The molecule has 0 aromatic heterocycles. The van der Waals surface area contributed by atoms with Gasteiger partial charge in [-0.3, -0.25) is 9.59 Å². The molecule has 1 rings (SSSR count). The molecule has 0 aliphatic heterocycles. The molecule has 0 aliphatic rings. The van der Waals surface area contributed by atoms with Crippen LogP contribution in [0, 0.1) is 18.8 Å². The number of primary amides is 1. The Morgan fingerprint density at radius 3 is 2.63 bits per heavy atom. The van der Waals surface area contributed by atoms with Crippen molar-refractivity contribution < 1.29 is 14.7 Å². The van der Waals surface area contributed by atoms with Crippen molar-refractivity contribution in [3.8, 4) is 11.8 Å². The van der Waals surface area contributed by atoms with Crippen LogP contribution in [0.1, 0.15) is 21.5 Å². The summed E-state index contributed by atoms with van der Waals surface area (Å²) < 4.78 is 0. The molecule has 0 saturated heterocycles. The molecule has 2 amide bonds. The number of aliphatic hydroxyl groups excluding tert-OH is 1. The van der Waals surface area contributed by atoms with E-state index >= 15 is 0 Å². The summed E-state index contributed by atoms with van der Waals surface area (Å²) in [6, 6.07) is 5.04. The monoisotopic (exact) mass is 260 g/mol. The van der Waals surface area contributed by atoms with E-state index in [1.807, 2.05) is 6.92 Å². The van der Waals surface area contributed by atoms with Crippen molar-refractivity contribution in [2.45, 2.75) is 6.92 Å². The highest BCUT2D eigenvalue weighted by molar-refractivity contribution is 5.96. The lowest BCUT2D eigenvalue weighted by Crippen LogP contribution is -2.35. The standard InChI is InChI=1S/C14H16N2O3/c1-10-8-12(6-5-11(10)4-3-7-17)14(19)16(2)9-13(15)18/h5-6,8,17H,7,9H2,1-2H3,(H2,15,18). The van der Waals surface area contributed by atoms with E-state index < -0.39 is 5.91 Å². The van der Waals surface area contributed by atoms with Crippen LogP contribution in [0.2, 0.25) is 0 Å². The van der Waals surface area contributed by atoms with Crippen LogP contribution < -0.4 is 5.73 Å². The van der Waals surface area contributed by atoms with Gasteiger partial charge in [-0.05, 0) is 30.7 Å². The number of nitrogens with two attached hydrogens (primary N) is 1. The number of carbonyl (C=O) groups excluding carboxylic acids is 2. The topological polar surface area (TPSA) is 83.6 Å². The zero-order valence-electron chi connectivity index (χ0n) is 10.9. The molecular formula is C14H16N2O3. The number of aryl methyl sites for hydroxylation is 1. The second kappa shape index (κ2) is 6.57. The minimum Gasteiger partial charge on any atom is -0.384 e. The molecule has 3 N–H and O–H groups in total. The molecule has 0 spiro atoms. The van der Waals surface area contributed by atoms with Gasteiger partial charge in [0.2, 0.25) is 5.91 Å². The van der Waals surface area contributed by atoms with E-state index in [0.717, 1.165) is 11.1 Å². The van der Waals surface area contributed by atoms with Gasteiger partial charge in [0, 0.05) is 18.2 Å². The van der Waals surface area contributed by atoms with Crippen LogP contribution in [0.3, 0.4) is 0 Å². The number of nitrogens with zero attached hydrogens (tertiary/aromatic N) is 1. The first kappa shape index (κ1) is 14.7. The number of benzene rings is 1. The normalized spacial score (nSPS) is 9.42. The molecule has 19 heavy (non-hydrogen) atoms. The highest BCUT2D eigenvalue weighted by Crippen LogP contribution is 2.11. The Labute approximate surface area is 112 Å². The van der Waals surface area contributed by atoms with Crippen molar-refractivity contribution >= 4 is 11.8 Å². The number of aliphatic hydroxyl groups is 1. The summed E-state index contributed by atoms with van der Waals surface area (Å²) in [5.41, 5.74) is 7.10. The summed E-state index contributed by atoms with van der Waals surface area (Å²) in [5, 5.41) is 8.64. The number of hydrogen-bond acceptors (Lipinski definition) is 3. The van der Waals surface area contributed by atoms with E-state index in [-0.39, 0.29) is 19.1 Å². The molecule has 0 atom stereocenters. The fraction of sp³-hybridized carbons (Fsp3) is 0.286. The molecule has 0 bridgehead atoms. The van der Waals surface area contributed by atoms with Crippen LogP contribution in [0.15, 0.2) is 18.2 Å². The Kier molecular flexibility index (Phi) is 5.10. The molecule has 0 heterocycles. The van der Waals surface area contributed by atoms with Gasteiger partial charge in [0.05, 0.1) is 6.54 Å². The van der Waals surface area contributed by atoms with Gasteiger partial charge >= 0.3 is 0 Å². The first-order valence-electron chi connectivity index (χ1n) is 5.70. The van der Waals surface area contributed by atoms with Crippen molar-refractivity contribution in [1.29, 1.82) is 0 Å². The molecule has 5 nitrogen and oxygen atoms in total. The van der Waals surface area contributed by atoms with Crippen molar-refractivity contribution in [2.75, 3.05) is 20.2 Å². The zero-order chi connectivity index (χ0) is 14.4. The second-order valence-electron chi connectivity index (χ2n) is 4.12. The zero-order valence-corrected chi connectivity index (χ0v) is 10.9. The van der Waals surface area contributed by atoms with Crippen LogP contribution in [-0.4, -0.2) is 42.0 Å². The van der Waals surface area contributed by atoms with Gasteiger partial charge in [-0.15, -0.1) is 0 Å². The molecule has 5 heteroatoms. The molecule has 0 aliphatic carbocycles. The van der Waals surface area contributed by atoms with Gasteiger partial charge in [-0.25, -0.2) is 0 Å². The summed E-state index contributed by atoms with van der Waals surface area (Å²) >= 11 is 0. The van der Waals surface area contributed by atoms with Crippen molar-refractivity contribution in [3.05, 3.63) is 34.9 Å². The van der Waals surface area contributed by atoms with E-state index in [4.69, 9.17) is 10.8 Å². The Morgan fingerprint density at radius 1 is 1.42 bits per heavy atom. The van der Waals surface area contributed by atoms with Gasteiger partial charge in [0.25, 0.3) is 5.91 Å². The van der Waals surface area contributed by atoms with Crippen LogP contribution in [0.25, 0.3) is 0 Å². The van der Waals surface area contributed by atoms with Crippen LogP contribution in [0.4, 0.5) is 0 Å². The molecule has 0 fully saturated rings. The van der Waals surface area contributed by atoms with E-state index in [1.165, 1.54) is 11.9 Å². The average molecular weight is 260 g/mol. The summed E-state index contributed by atoms with van der Waals surface area (Å²) in [5.74, 6) is 4.51. The minimum atomic E-state index is -0.557. The second-order valence-corrected chi connectivity index (χ2v) is 4.12. The Morgan fingerprint density at radius 2 is 2.11 bits per heavy atom. The Hall–Kier alpha value is -2.32. The smallest absolute Gasteiger partial charge is 0.254 e. The fourth-order valence-corrected chi connectivity index (χ4v) is 1.60.